The number of aliphatic carboxylic acids is 1. The first-order valence-electron chi connectivity index (χ1n) is 12.8. The average molecular weight is 519 g/mol. The Labute approximate surface area is 237 Å². The molecule has 0 saturated heterocycles. The van der Waals surface area contributed by atoms with Gasteiger partial charge in [0.2, 0.25) is 5.91 Å². The van der Waals surface area contributed by atoms with Crippen LogP contribution >= 0.6 is 11.8 Å². The standard InChI is InChI=1S/C29H38N2O4S.Li.H/c1-20-9-7-8-12-23(20)25-19-21(14-16-27(32)31(2)22-10-5-4-6-11-22)13-15-24(25)28(33)30-26(29(34)35)17-18-36-3;;/h7-9,12-13,15,19,22,26H,4-6,10-11,14,16-18H2,1-3H3,(H,30,33)(H,34,35);;/t26-;;/m0../s1. The van der Waals surface area contributed by atoms with E-state index in [1.807, 2.05) is 61.5 Å². The maximum absolute atomic E-state index is 13.2. The van der Waals surface area contributed by atoms with Crippen LogP contribution in [-0.4, -0.2) is 77.8 Å². The van der Waals surface area contributed by atoms with Gasteiger partial charge >= 0.3 is 24.8 Å². The van der Waals surface area contributed by atoms with Gasteiger partial charge < -0.3 is 15.3 Å². The van der Waals surface area contributed by atoms with Crippen LogP contribution in [0.4, 0.5) is 0 Å². The second-order valence-electron chi connectivity index (χ2n) is 9.64. The molecule has 8 heteroatoms. The molecule has 2 N–H and O–H groups in total. The summed E-state index contributed by atoms with van der Waals surface area (Å²) in [5.74, 6) is -0.641. The van der Waals surface area contributed by atoms with Gasteiger partial charge in [0, 0.05) is 25.1 Å². The molecular formula is C29H39LiN2O4S. The number of thioether (sulfide) groups is 1. The van der Waals surface area contributed by atoms with Crippen LogP contribution in [0, 0.1) is 6.92 Å². The Bertz CT molecular complexity index is 1070. The summed E-state index contributed by atoms with van der Waals surface area (Å²) >= 11 is 1.55. The van der Waals surface area contributed by atoms with Gasteiger partial charge in [-0.2, -0.15) is 11.8 Å². The fourth-order valence-corrected chi connectivity index (χ4v) is 5.34. The molecular weight excluding hydrogens is 479 g/mol. The molecule has 37 heavy (non-hydrogen) atoms. The van der Waals surface area contributed by atoms with Crippen molar-refractivity contribution in [1.82, 2.24) is 10.2 Å². The van der Waals surface area contributed by atoms with Gasteiger partial charge in [-0.25, -0.2) is 4.79 Å². The average Bonchev–Trinajstić information content (AvgIpc) is 2.89. The number of carboxylic acid groups (broad SMARTS) is 1. The van der Waals surface area contributed by atoms with Gasteiger partial charge in [0.25, 0.3) is 5.91 Å². The molecule has 3 rings (SSSR count). The van der Waals surface area contributed by atoms with Gasteiger partial charge in [-0.1, -0.05) is 55.7 Å². The molecule has 1 atom stereocenters. The number of aryl methyl sites for hydroxylation is 2. The summed E-state index contributed by atoms with van der Waals surface area (Å²) in [6, 6.07) is 12.8. The number of benzene rings is 2. The third-order valence-electron chi connectivity index (χ3n) is 7.12. The van der Waals surface area contributed by atoms with E-state index < -0.39 is 17.9 Å². The predicted octanol–water partition coefficient (Wildman–Crippen LogP) is 4.67. The van der Waals surface area contributed by atoms with Crippen molar-refractivity contribution in [2.24, 2.45) is 0 Å². The fourth-order valence-electron chi connectivity index (χ4n) is 4.87. The second kappa shape index (κ2) is 15.3. The van der Waals surface area contributed by atoms with Gasteiger partial charge in [-0.05, 0) is 72.9 Å². The van der Waals surface area contributed by atoms with Crippen LogP contribution in [0.5, 0.6) is 0 Å². The Balaban J connectivity index is 0.00000481. The molecule has 0 unspecified atom stereocenters. The van der Waals surface area contributed by atoms with E-state index in [0.717, 1.165) is 35.1 Å². The van der Waals surface area contributed by atoms with Crippen molar-refractivity contribution in [2.75, 3.05) is 19.1 Å². The predicted molar refractivity (Wildman–Crippen MR) is 154 cm³/mol. The molecule has 2 amide bonds. The van der Waals surface area contributed by atoms with Crippen molar-refractivity contribution in [3.63, 3.8) is 0 Å². The zero-order valence-corrected chi connectivity index (χ0v) is 22.4. The molecule has 0 heterocycles. The number of carbonyl (C=O) groups is 3. The number of amides is 2. The minimum atomic E-state index is -1.04. The molecule has 0 aliphatic heterocycles. The summed E-state index contributed by atoms with van der Waals surface area (Å²) < 4.78 is 0. The monoisotopic (exact) mass is 518 g/mol. The molecule has 0 bridgehead atoms. The van der Waals surface area contributed by atoms with Crippen LogP contribution in [0.3, 0.4) is 0 Å². The fraction of sp³-hybridized carbons (Fsp3) is 0.483. The number of hydrogen-bond acceptors (Lipinski definition) is 4. The van der Waals surface area contributed by atoms with Gasteiger partial charge in [0.05, 0.1) is 0 Å². The van der Waals surface area contributed by atoms with Crippen LogP contribution in [0.2, 0.25) is 0 Å². The second-order valence-corrected chi connectivity index (χ2v) is 10.6. The number of carboxylic acids is 1. The molecule has 6 nitrogen and oxygen atoms in total. The molecule has 196 valence electrons. The van der Waals surface area contributed by atoms with Crippen LogP contribution < -0.4 is 5.32 Å². The van der Waals surface area contributed by atoms with Crippen molar-refractivity contribution in [1.29, 1.82) is 0 Å². The van der Waals surface area contributed by atoms with E-state index in [1.165, 1.54) is 19.3 Å². The maximum atomic E-state index is 13.2. The number of rotatable bonds is 11. The van der Waals surface area contributed by atoms with Crippen molar-refractivity contribution in [3.8, 4) is 11.1 Å². The molecule has 2 aromatic rings. The first kappa shape index (κ1) is 31.0. The zero-order valence-electron chi connectivity index (χ0n) is 21.6. The van der Waals surface area contributed by atoms with Crippen LogP contribution in [0.15, 0.2) is 42.5 Å². The normalized spacial score (nSPS) is 14.4. The van der Waals surface area contributed by atoms with E-state index in [4.69, 9.17) is 0 Å². The van der Waals surface area contributed by atoms with E-state index in [0.29, 0.717) is 36.6 Å². The molecule has 2 aromatic carbocycles. The van der Waals surface area contributed by atoms with Crippen molar-refractivity contribution < 1.29 is 19.5 Å². The summed E-state index contributed by atoms with van der Waals surface area (Å²) in [7, 11) is 1.92. The summed E-state index contributed by atoms with van der Waals surface area (Å²) in [5, 5.41) is 12.3. The third-order valence-corrected chi connectivity index (χ3v) is 7.77. The molecule has 1 saturated carbocycles. The number of nitrogens with one attached hydrogen (secondary N) is 1. The Hall–Kier alpha value is -2.20. The zero-order chi connectivity index (χ0) is 26.1. The van der Waals surface area contributed by atoms with Crippen LogP contribution in [-0.2, 0) is 16.0 Å². The SMILES string of the molecule is CSCC[C@H](NC(=O)c1ccc(CCC(=O)N(C)C2CCCCC2)cc1-c1ccccc1C)C(=O)O.[LiH]. The summed E-state index contributed by atoms with van der Waals surface area (Å²) in [6.45, 7) is 1.99. The van der Waals surface area contributed by atoms with Gasteiger partial charge in [0.1, 0.15) is 6.04 Å². The van der Waals surface area contributed by atoms with Gasteiger partial charge in [-0.15, -0.1) is 0 Å². The Morgan fingerprint density at radius 2 is 1.78 bits per heavy atom. The topological polar surface area (TPSA) is 86.7 Å². The molecule has 1 fully saturated rings. The molecule has 0 aromatic heterocycles. The quantitative estimate of drug-likeness (QED) is 0.422. The first-order chi connectivity index (χ1) is 17.3. The van der Waals surface area contributed by atoms with E-state index in [1.54, 1.807) is 17.8 Å². The number of hydrogen-bond donors (Lipinski definition) is 2. The van der Waals surface area contributed by atoms with Crippen LogP contribution in [0.25, 0.3) is 11.1 Å². The molecule has 0 radical (unpaired) electrons. The van der Waals surface area contributed by atoms with Gasteiger partial charge in [0.15, 0.2) is 0 Å². The summed E-state index contributed by atoms with van der Waals surface area (Å²) in [6.07, 6.45) is 9.06. The minimum absolute atomic E-state index is 0. The van der Waals surface area contributed by atoms with E-state index in [2.05, 4.69) is 5.32 Å². The third kappa shape index (κ3) is 8.67. The van der Waals surface area contributed by atoms with Crippen molar-refractivity contribution in [3.05, 3.63) is 59.2 Å². The first-order valence-corrected chi connectivity index (χ1v) is 14.2. The van der Waals surface area contributed by atoms with Crippen LogP contribution in [0.1, 0.15) is 66.4 Å². The van der Waals surface area contributed by atoms with E-state index in [9.17, 15) is 19.5 Å². The molecule has 0 spiro atoms. The Kier molecular flexibility index (Phi) is 12.8. The molecule has 1 aliphatic carbocycles. The van der Waals surface area contributed by atoms with Crippen molar-refractivity contribution >= 4 is 48.4 Å². The molecule has 1 aliphatic rings. The number of nitrogens with zero attached hydrogens (tertiary/aromatic N) is 1. The van der Waals surface area contributed by atoms with Crippen molar-refractivity contribution in [2.45, 2.75) is 70.4 Å². The van der Waals surface area contributed by atoms with E-state index in [-0.39, 0.29) is 24.8 Å². The Morgan fingerprint density at radius 3 is 2.43 bits per heavy atom. The van der Waals surface area contributed by atoms with E-state index >= 15 is 0 Å². The Morgan fingerprint density at radius 1 is 1.08 bits per heavy atom. The summed E-state index contributed by atoms with van der Waals surface area (Å²) in [5.41, 5.74) is 4.12. The van der Waals surface area contributed by atoms with Gasteiger partial charge in [-0.3, -0.25) is 9.59 Å². The summed E-state index contributed by atoms with van der Waals surface area (Å²) in [4.78, 5) is 39.7. The number of carbonyl (C=O) groups excluding carboxylic acids is 2.